The fourth-order valence-corrected chi connectivity index (χ4v) is 1.48. The van der Waals surface area contributed by atoms with Gasteiger partial charge in [-0.1, -0.05) is 13.8 Å². The zero-order chi connectivity index (χ0) is 15.3. The van der Waals surface area contributed by atoms with E-state index in [1.807, 2.05) is 13.8 Å². The monoisotopic (exact) mass is 281 g/mol. The van der Waals surface area contributed by atoms with E-state index in [1.54, 1.807) is 0 Å². The van der Waals surface area contributed by atoms with E-state index in [1.165, 1.54) is 0 Å². The van der Waals surface area contributed by atoms with E-state index in [9.17, 15) is 14.4 Å². The second-order valence-electron chi connectivity index (χ2n) is 4.59. The van der Waals surface area contributed by atoms with Gasteiger partial charge in [-0.2, -0.15) is 0 Å². The van der Waals surface area contributed by atoms with Gasteiger partial charge in [0.1, 0.15) is 11.7 Å². The van der Waals surface area contributed by atoms with E-state index in [4.69, 9.17) is 10.2 Å². The van der Waals surface area contributed by atoms with Crippen LogP contribution in [0.2, 0.25) is 0 Å². The van der Waals surface area contributed by atoms with Crippen molar-refractivity contribution in [3.63, 3.8) is 0 Å². The van der Waals surface area contributed by atoms with Crippen LogP contribution in [-0.4, -0.2) is 44.1 Å². The molecule has 1 unspecified atom stereocenters. The summed E-state index contributed by atoms with van der Waals surface area (Å²) in [5, 5.41) is 20.0. The Labute approximate surface area is 114 Å². The van der Waals surface area contributed by atoms with Gasteiger partial charge in [0.2, 0.25) is 0 Å². The topological polar surface area (TPSA) is 129 Å². The van der Waals surface area contributed by atoms with Crippen LogP contribution in [0.3, 0.4) is 0 Å². The maximum Gasteiger partial charge on any atom is 0.356 e. The molecular formula is C12H15N3O5. The molecule has 108 valence electrons. The number of aromatic carboxylic acids is 1. The van der Waals surface area contributed by atoms with E-state index < -0.39 is 23.9 Å². The lowest BCUT2D eigenvalue weighted by Crippen LogP contribution is -2.42. The molecule has 1 amide bonds. The highest BCUT2D eigenvalue weighted by Crippen LogP contribution is 2.06. The van der Waals surface area contributed by atoms with Gasteiger partial charge in [0.15, 0.2) is 5.69 Å². The van der Waals surface area contributed by atoms with Crippen molar-refractivity contribution in [3.05, 3.63) is 23.8 Å². The Morgan fingerprint density at radius 1 is 1.15 bits per heavy atom. The molecule has 1 aromatic heterocycles. The SMILES string of the molecule is CC(C)CC(NC(=O)c1cnc(C(=O)O)cn1)C(=O)O. The van der Waals surface area contributed by atoms with Crippen LogP contribution in [0, 0.1) is 5.92 Å². The fraction of sp³-hybridized carbons (Fsp3) is 0.417. The molecule has 0 radical (unpaired) electrons. The van der Waals surface area contributed by atoms with Crippen molar-refractivity contribution >= 4 is 17.8 Å². The lowest BCUT2D eigenvalue weighted by Gasteiger charge is -2.15. The predicted octanol–water partition coefficient (Wildman–Crippen LogP) is 0.404. The molecule has 0 aliphatic heterocycles. The third-order valence-corrected chi connectivity index (χ3v) is 2.41. The molecule has 3 N–H and O–H groups in total. The van der Waals surface area contributed by atoms with Crippen molar-refractivity contribution in [1.29, 1.82) is 0 Å². The largest absolute Gasteiger partial charge is 0.480 e. The number of amides is 1. The lowest BCUT2D eigenvalue weighted by atomic mass is 10.0. The number of nitrogens with one attached hydrogen (secondary N) is 1. The third kappa shape index (κ3) is 4.30. The Kier molecular flexibility index (Phi) is 5.13. The Balaban J connectivity index is 2.78. The quantitative estimate of drug-likeness (QED) is 0.688. The van der Waals surface area contributed by atoms with Crippen LogP contribution < -0.4 is 5.32 Å². The molecule has 0 aliphatic rings. The highest BCUT2D eigenvalue weighted by atomic mass is 16.4. The van der Waals surface area contributed by atoms with Crippen molar-refractivity contribution in [3.8, 4) is 0 Å². The number of rotatable bonds is 6. The summed E-state index contributed by atoms with van der Waals surface area (Å²) in [6.07, 6.45) is 2.21. The number of hydrogen-bond acceptors (Lipinski definition) is 5. The molecule has 0 fully saturated rings. The van der Waals surface area contributed by atoms with Crippen LogP contribution in [0.5, 0.6) is 0 Å². The molecule has 1 aromatic rings. The number of aliphatic carboxylic acids is 1. The van der Waals surface area contributed by atoms with Crippen LogP contribution in [0.1, 0.15) is 41.2 Å². The molecule has 8 nitrogen and oxygen atoms in total. The first kappa shape index (κ1) is 15.5. The molecule has 1 atom stereocenters. The summed E-state index contributed by atoms with van der Waals surface area (Å²) in [6, 6.07) is -1.02. The summed E-state index contributed by atoms with van der Waals surface area (Å²) < 4.78 is 0. The lowest BCUT2D eigenvalue weighted by molar-refractivity contribution is -0.139. The second kappa shape index (κ2) is 6.60. The summed E-state index contributed by atoms with van der Waals surface area (Å²) in [7, 11) is 0. The molecular weight excluding hydrogens is 266 g/mol. The van der Waals surface area contributed by atoms with E-state index >= 15 is 0 Å². The van der Waals surface area contributed by atoms with Gasteiger partial charge in [-0.3, -0.25) is 4.79 Å². The molecule has 0 spiro atoms. The van der Waals surface area contributed by atoms with Crippen LogP contribution >= 0.6 is 0 Å². The zero-order valence-corrected chi connectivity index (χ0v) is 11.0. The summed E-state index contributed by atoms with van der Waals surface area (Å²) in [6.45, 7) is 3.67. The van der Waals surface area contributed by atoms with Gasteiger partial charge in [0.25, 0.3) is 5.91 Å². The predicted molar refractivity (Wildman–Crippen MR) is 67.3 cm³/mol. The maximum absolute atomic E-state index is 11.8. The molecule has 0 bridgehead atoms. The summed E-state index contributed by atoms with van der Waals surface area (Å²) in [4.78, 5) is 40.6. The van der Waals surface area contributed by atoms with E-state index in [0.29, 0.717) is 0 Å². The van der Waals surface area contributed by atoms with Gasteiger partial charge < -0.3 is 15.5 Å². The van der Waals surface area contributed by atoms with Crippen molar-refractivity contribution in [2.45, 2.75) is 26.3 Å². The minimum atomic E-state index is -1.26. The van der Waals surface area contributed by atoms with E-state index in [2.05, 4.69) is 15.3 Å². The van der Waals surface area contributed by atoms with Crippen molar-refractivity contribution < 1.29 is 24.6 Å². The van der Waals surface area contributed by atoms with E-state index in [-0.39, 0.29) is 23.7 Å². The Bertz CT molecular complexity index is 512. The van der Waals surface area contributed by atoms with Crippen LogP contribution in [0.25, 0.3) is 0 Å². The van der Waals surface area contributed by atoms with Crippen molar-refractivity contribution in [2.75, 3.05) is 0 Å². The molecule has 1 heterocycles. The first-order chi connectivity index (χ1) is 9.31. The highest BCUT2D eigenvalue weighted by molar-refractivity contribution is 5.95. The van der Waals surface area contributed by atoms with Gasteiger partial charge in [0, 0.05) is 0 Å². The standard InChI is InChI=1S/C12H15N3O5/c1-6(2)3-7(11(17)18)15-10(16)8-4-14-9(5-13-8)12(19)20/h4-7H,3H2,1-2H3,(H,15,16)(H,17,18)(H,19,20). The summed E-state index contributed by atoms with van der Waals surface area (Å²) >= 11 is 0. The van der Waals surface area contributed by atoms with Gasteiger partial charge in [-0.25, -0.2) is 19.6 Å². The molecule has 20 heavy (non-hydrogen) atoms. The van der Waals surface area contributed by atoms with E-state index in [0.717, 1.165) is 12.4 Å². The zero-order valence-electron chi connectivity index (χ0n) is 11.0. The molecule has 0 saturated carbocycles. The number of nitrogens with zero attached hydrogens (tertiary/aromatic N) is 2. The molecule has 8 heteroatoms. The normalized spacial score (nSPS) is 11.9. The van der Waals surface area contributed by atoms with Crippen molar-refractivity contribution in [2.24, 2.45) is 5.92 Å². The van der Waals surface area contributed by atoms with Crippen LogP contribution in [0.4, 0.5) is 0 Å². The fourth-order valence-electron chi connectivity index (χ4n) is 1.48. The number of carbonyl (C=O) groups is 3. The Morgan fingerprint density at radius 3 is 2.10 bits per heavy atom. The smallest absolute Gasteiger partial charge is 0.356 e. The van der Waals surface area contributed by atoms with Crippen LogP contribution in [-0.2, 0) is 4.79 Å². The first-order valence-corrected chi connectivity index (χ1v) is 5.90. The number of carboxylic acids is 2. The molecule has 0 aromatic carbocycles. The maximum atomic E-state index is 11.8. The van der Waals surface area contributed by atoms with Gasteiger partial charge in [0.05, 0.1) is 12.4 Å². The Morgan fingerprint density at radius 2 is 1.70 bits per heavy atom. The number of hydrogen-bond donors (Lipinski definition) is 3. The summed E-state index contributed by atoms with van der Waals surface area (Å²) in [5.74, 6) is -3.01. The highest BCUT2D eigenvalue weighted by Gasteiger charge is 2.22. The summed E-state index contributed by atoms with van der Waals surface area (Å²) in [5.41, 5.74) is -0.427. The number of carboxylic acid groups (broad SMARTS) is 2. The molecule has 0 aliphatic carbocycles. The average molecular weight is 281 g/mol. The average Bonchev–Trinajstić information content (AvgIpc) is 2.37. The van der Waals surface area contributed by atoms with Crippen LogP contribution in [0.15, 0.2) is 12.4 Å². The van der Waals surface area contributed by atoms with Gasteiger partial charge in [-0.15, -0.1) is 0 Å². The third-order valence-electron chi connectivity index (χ3n) is 2.41. The minimum Gasteiger partial charge on any atom is -0.480 e. The Hall–Kier alpha value is -2.51. The van der Waals surface area contributed by atoms with Gasteiger partial charge >= 0.3 is 11.9 Å². The molecule has 0 saturated heterocycles. The molecule has 1 rings (SSSR count). The minimum absolute atomic E-state index is 0.0943. The number of carbonyl (C=O) groups excluding carboxylic acids is 1. The van der Waals surface area contributed by atoms with Gasteiger partial charge in [-0.05, 0) is 12.3 Å². The second-order valence-corrected chi connectivity index (χ2v) is 4.59. The van der Waals surface area contributed by atoms with Crippen molar-refractivity contribution in [1.82, 2.24) is 15.3 Å². The first-order valence-electron chi connectivity index (χ1n) is 5.90. The number of aromatic nitrogens is 2.